The topological polar surface area (TPSA) is 35.5 Å². The van der Waals surface area contributed by atoms with E-state index in [1.54, 1.807) is 0 Å². The molecule has 184 valence electrons. The average molecular weight is 463 g/mol. The summed E-state index contributed by atoms with van der Waals surface area (Å²) in [6.07, 6.45) is 23.6. The molecule has 0 radical (unpaired) electrons. The molecule has 0 saturated heterocycles. The standard InChI is InChI=1S/C28H50O3Si/c1-8-9-10-11-12-13-21-27(31-24(2)29)22-17-16-19-25-18-14-15-20-26(25)23-30-32(6,7)28(3,4)5/h14-17,19,22,25-27H,8-13,18,20-21,23H2,1-7H3/t25-,26+,27?/m0/s1. The lowest BCUT2D eigenvalue weighted by atomic mass is 9.83. The Morgan fingerprint density at radius 3 is 2.38 bits per heavy atom. The smallest absolute Gasteiger partial charge is 0.303 e. The van der Waals surface area contributed by atoms with Crippen LogP contribution in [0.25, 0.3) is 0 Å². The molecule has 0 amide bonds. The van der Waals surface area contributed by atoms with Crippen LogP contribution in [0.4, 0.5) is 0 Å². The third kappa shape index (κ3) is 11.6. The summed E-state index contributed by atoms with van der Waals surface area (Å²) in [7, 11) is -1.72. The van der Waals surface area contributed by atoms with Crippen molar-refractivity contribution in [2.24, 2.45) is 11.8 Å². The van der Waals surface area contributed by atoms with Crippen molar-refractivity contribution >= 4 is 14.3 Å². The molecule has 0 heterocycles. The number of esters is 1. The third-order valence-electron chi connectivity index (χ3n) is 7.04. The zero-order valence-corrected chi connectivity index (χ0v) is 23.0. The fourth-order valence-electron chi connectivity index (χ4n) is 3.78. The van der Waals surface area contributed by atoms with E-state index in [0.717, 1.165) is 32.3 Å². The molecule has 3 atom stereocenters. The zero-order chi connectivity index (χ0) is 24.0. The van der Waals surface area contributed by atoms with Gasteiger partial charge in [0.05, 0.1) is 0 Å². The second-order valence-corrected chi connectivity index (χ2v) is 15.7. The number of carbonyl (C=O) groups is 1. The molecule has 0 N–H and O–H groups in total. The lowest BCUT2D eigenvalue weighted by Crippen LogP contribution is -2.42. The molecule has 32 heavy (non-hydrogen) atoms. The van der Waals surface area contributed by atoms with Crippen LogP contribution in [0.15, 0.2) is 36.5 Å². The Labute approximate surface area is 199 Å². The molecule has 3 nitrogen and oxygen atoms in total. The van der Waals surface area contributed by atoms with E-state index in [-0.39, 0.29) is 17.1 Å². The van der Waals surface area contributed by atoms with Crippen LogP contribution < -0.4 is 0 Å². The van der Waals surface area contributed by atoms with E-state index in [1.807, 2.05) is 6.08 Å². The SMILES string of the molecule is CCCCCCCCC(C=CC=C[C@@H]1CC=CC[C@@H]1CO[Si](C)(C)C(C)(C)C)OC(C)=O. The van der Waals surface area contributed by atoms with Gasteiger partial charge in [0.1, 0.15) is 6.10 Å². The fourth-order valence-corrected chi connectivity index (χ4v) is 4.84. The summed E-state index contributed by atoms with van der Waals surface area (Å²) in [6, 6.07) is 0. The van der Waals surface area contributed by atoms with Gasteiger partial charge in [-0.15, -0.1) is 0 Å². The highest BCUT2D eigenvalue weighted by atomic mass is 28.4. The molecular weight excluding hydrogens is 412 g/mol. The maximum absolute atomic E-state index is 11.5. The number of hydrogen-bond acceptors (Lipinski definition) is 3. The number of carbonyl (C=O) groups excluding carboxylic acids is 1. The molecule has 0 spiro atoms. The molecule has 0 bridgehead atoms. The molecule has 1 rings (SSSR count). The zero-order valence-electron chi connectivity index (χ0n) is 22.0. The van der Waals surface area contributed by atoms with Crippen molar-refractivity contribution in [3.8, 4) is 0 Å². The molecule has 0 aliphatic heterocycles. The maximum atomic E-state index is 11.5. The van der Waals surface area contributed by atoms with Crippen LogP contribution in [0.5, 0.6) is 0 Å². The second-order valence-electron chi connectivity index (χ2n) is 10.9. The Bertz CT molecular complexity index is 613. The van der Waals surface area contributed by atoms with E-state index < -0.39 is 8.32 Å². The van der Waals surface area contributed by atoms with Crippen LogP contribution in [0, 0.1) is 11.8 Å². The summed E-state index contributed by atoms with van der Waals surface area (Å²) in [5, 5.41) is 0.243. The first-order chi connectivity index (χ1) is 15.1. The Balaban J connectivity index is 2.58. The van der Waals surface area contributed by atoms with Gasteiger partial charge < -0.3 is 9.16 Å². The first-order valence-corrected chi connectivity index (χ1v) is 15.8. The molecule has 0 fully saturated rings. The highest BCUT2D eigenvalue weighted by molar-refractivity contribution is 6.74. The summed E-state index contributed by atoms with van der Waals surface area (Å²) in [4.78, 5) is 11.5. The largest absolute Gasteiger partial charge is 0.458 e. The molecule has 0 aromatic rings. The molecule has 4 heteroatoms. The average Bonchev–Trinajstić information content (AvgIpc) is 2.71. The Hall–Kier alpha value is -1.13. The van der Waals surface area contributed by atoms with Crippen molar-refractivity contribution in [1.82, 2.24) is 0 Å². The first-order valence-electron chi connectivity index (χ1n) is 12.9. The number of rotatable bonds is 14. The van der Waals surface area contributed by atoms with Crippen molar-refractivity contribution in [1.29, 1.82) is 0 Å². The fraction of sp³-hybridized carbons (Fsp3) is 0.750. The minimum atomic E-state index is -1.72. The van der Waals surface area contributed by atoms with Gasteiger partial charge in [-0.1, -0.05) is 90.2 Å². The number of unbranched alkanes of at least 4 members (excludes halogenated alkanes) is 5. The van der Waals surface area contributed by atoms with E-state index in [1.165, 1.54) is 39.0 Å². The highest BCUT2D eigenvalue weighted by Crippen LogP contribution is 2.38. The molecule has 0 saturated carbocycles. The molecular formula is C28H50O3Si. The molecule has 1 unspecified atom stereocenters. The van der Waals surface area contributed by atoms with Gasteiger partial charge >= 0.3 is 5.97 Å². The van der Waals surface area contributed by atoms with Crippen LogP contribution in [0.2, 0.25) is 18.1 Å². The minimum Gasteiger partial charge on any atom is -0.458 e. The lowest BCUT2D eigenvalue weighted by Gasteiger charge is -2.38. The van der Waals surface area contributed by atoms with Crippen molar-refractivity contribution in [2.75, 3.05) is 6.61 Å². The van der Waals surface area contributed by atoms with E-state index in [4.69, 9.17) is 9.16 Å². The predicted octanol–water partition coefficient (Wildman–Crippen LogP) is 8.39. The second kappa shape index (κ2) is 14.9. The van der Waals surface area contributed by atoms with Crippen LogP contribution in [0.3, 0.4) is 0 Å². The van der Waals surface area contributed by atoms with Crippen LogP contribution in [-0.4, -0.2) is 27.0 Å². The summed E-state index contributed by atoms with van der Waals surface area (Å²) in [6.45, 7) is 16.1. The van der Waals surface area contributed by atoms with Crippen molar-refractivity contribution in [2.45, 2.75) is 117 Å². The van der Waals surface area contributed by atoms with Gasteiger partial charge in [-0.2, -0.15) is 0 Å². The first kappa shape index (κ1) is 28.9. The van der Waals surface area contributed by atoms with Crippen molar-refractivity contribution in [3.63, 3.8) is 0 Å². The van der Waals surface area contributed by atoms with Gasteiger partial charge in [-0.25, -0.2) is 0 Å². The quantitative estimate of drug-likeness (QED) is 0.0854. The van der Waals surface area contributed by atoms with E-state index >= 15 is 0 Å². The monoisotopic (exact) mass is 462 g/mol. The Morgan fingerprint density at radius 2 is 1.72 bits per heavy atom. The minimum absolute atomic E-state index is 0.118. The summed E-state index contributed by atoms with van der Waals surface area (Å²) < 4.78 is 12.0. The summed E-state index contributed by atoms with van der Waals surface area (Å²) >= 11 is 0. The Kier molecular flexibility index (Phi) is 13.5. The van der Waals surface area contributed by atoms with Crippen LogP contribution >= 0.6 is 0 Å². The molecule has 0 aromatic heterocycles. The number of allylic oxidation sites excluding steroid dienone is 5. The van der Waals surface area contributed by atoms with Crippen LogP contribution in [0.1, 0.15) is 92.4 Å². The lowest BCUT2D eigenvalue weighted by molar-refractivity contribution is -0.144. The van der Waals surface area contributed by atoms with E-state index in [2.05, 4.69) is 71.2 Å². The van der Waals surface area contributed by atoms with Gasteiger partial charge in [0, 0.05) is 13.5 Å². The maximum Gasteiger partial charge on any atom is 0.303 e. The van der Waals surface area contributed by atoms with E-state index in [0.29, 0.717) is 11.8 Å². The van der Waals surface area contributed by atoms with Crippen LogP contribution in [-0.2, 0) is 14.0 Å². The van der Waals surface area contributed by atoms with Crippen molar-refractivity contribution in [3.05, 3.63) is 36.5 Å². The van der Waals surface area contributed by atoms with Gasteiger partial charge in [-0.3, -0.25) is 4.79 Å². The van der Waals surface area contributed by atoms with Crippen molar-refractivity contribution < 1.29 is 14.0 Å². The molecule has 1 aliphatic rings. The van der Waals surface area contributed by atoms with Gasteiger partial charge in [0.15, 0.2) is 8.32 Å². The highest BCUT2D eigenvalue weighted by Gasteiger charge is 2.38. The Morgan fingerprint density at radius 1 is 1.06 bits per heavy atom. The van der Waals surface area contributed by atoms with Gasteiger partial charge in [-0.05, 0) is 61.7 Å². The normalized spacial score (nSPS) is 20.8. The number of hydrogen-bond donors (Lipinski definition) is 0. The van der Waals surface area contributed by atoms with Gasteiger partial charge in [0.25, 0.3) is 0 Å². The van der Waals surface area contributed by atoms with E-state index in [9.17, 15) is 4.79 Å². The summed E-state index contributed by atoms with van der Waals surface area (Å²) in [5.74, 6) is 0.834. The molecule has 1 aliphatic carbocycles. The predicted molar refractivity (Wildman–Crippen MR) is 140 cm³/mol. The summed E-state index contributed by atoms with van der Waals surface area (Å²) in [5.41, 5.74) is 0. The van der Waals surface area contributed by atoms with Gasteiger partial charge in [0.2, 0.25) is 0 Å². The number of ether oxygens (including phenoxy) is 1. The molecule has 0 aromatic carbocycles. The third-order valence-corrected chi connectivity index (χ3v) is 11.5.